The number of hydrogen-bond donors (Lipinski definition) is 2. The van der Waals surface area contributed by atoms with Crippen LogP contribution in [0.5, 0.6) is 0 Å². The Hall–Kier alpha value is -2.10. The Morgan fingerprint density at radius 1 is 1.40 bits per heavy atom. The second-order valence-electron chi connectivity index (χ2n) is 3.39. The number of carbonyl (C=O) groups is 2. The minimum absolute atomic E-state index is 0.0122. The van der Waals surface area contributed by atoms with Gasteiger partial charge in [0, 0.05) is 9.75 Å². The number of carbonyl (C=O) groups excluding carboxylic acids is 1. The van der Waals surface area contributed by atoms with Crippen molar-refractivity contribution in [2.45, 2.75) is 19.3 Å². The van der Waals surface area contributed by atoms with E-state index in [4.69, 9.17) is 5.11 Å². The van der Waals surface area contributed by atoms with Gasteiger partial charge in [-0.2, -0.15) is 13.2 Å². The Labute approximate surface area is 114 Å². The molecular weight excluding hydrogens is 301 g/mol. The van der Waals surface area contributed by atoms with E-state index in [1.165, 1.54) is 6.07 Å². The maximum atomic E-state index is 11.9. The molecule has 20 heavy (non-hydrogen) atoms. The Balaban J connectivity index is 2.40. The number of rotatable bonds is 6. The molecule has 0 spiro atoms. The molecule has 0 fully saturated rings. The fraction of sp³-hybridized carbons (Fsp3) is 0.300. The molecule has 1 aromatic heterocycles. The summed E-state index contributed by atoms with van der Waals surface area (Å²) in [6.07, 6.45) is -4.34. The Morgan fingerprint density at radius 3 is 2.65 bits per heavy atom. The average Bonchev–Trinajstić information content (AvgIpc) is 2.78. The smallest absolute Gasteiger partial charge is 0.471 e. The zero-order chi connectivity index (χ0) is 15.2. The summed E-state index contributed by atoms with van der Waals surface area (Å²) in [6.45, 7) is -0.261. The molecule has 0 aliphatic heterocycles. The maximum Gasteiger partial charge on any atom is 0.471 e. The van der Waals surface area contributed by atoms with Gasteiger partial charge in [0.2, 0.25) is 0 Å². The maximum absolute atomic E-state index is 11.9. The van der Waals surface area contributed by atoms with E-state index < -0.39 is 18.1 Å². The molecule has 0 aliphatic rings. The molecule has 0 bridgehead atoms. The third-order valence-corrected chi connectivity index (χ3v) is 2.90. The molecule has 6 nitrogen and oxygen atoms in total. The van der Waals surface area contributed by atoms with Gasteiger partial charge in [0.1, 0.15) is 0 Å². The van der Waals surface area contributed by atoms with Gasteiger partial charge < -0.3 is 15.3 Å². The normalized spacial score (nSPS) is 11.6. The summed E-state index contributed by atoms with van der Waals surface area (Å²) in [7, 11) is 0. The predicted octanol–water partition coefficient (Wildman–Crippen LogP) is 1.51. The summed E-state index contributed by atoms with van der Waals surface area (Å²) < 4.78 is 35.8. The fourth-order valence-electron chi connectivity index (χ4n) is 1.05. The van der Waals surface area contributed by atoms with E-state index >= 15 is 0 Å². The van der Waals surface area contributed by atoms with Crippen molar-refractivity contribution < 1.29 is 32.7 Å². The van der Waals surface area contributed by atoms with E-state index in [-0.39, 0.29) is 13.2 Å². The van der Waals surface area contributed by atoms with Crippen LogP contribution in [0.2, 0.25) is 0 Å². The molecule has 1 aromatic rings. The Kier molecular flexibility index (Phi) is 5.50. The molecule has 2 N–H and O–H groups in total. The van der Waals surface area contributed by atoms with E-state index in [1.807, 2.05) is 0 Å². The highest BCUT2D eigenvalue weighted by molar-refractivity contribution is 7.11. The number of carboxylic acid groups (broad SMARTS) is 1. The van der Waals surface area contributed by atoms with Gasteiger partial charge >= 0.3 is 18.1 Å². The van der Waals surface area contributed by atoms with Crippen molar-refractivity contribution in [2.75, 3.05) is 0 Å². The molecule has 1 heterocycles. The summed E-state index contributed by atoms with van der Waals surface area (Å²) >= 11 is 1.12. The van der Waals surface area contributed by atoms with Crippen LogP contribution in [0.3, 0.4) is 0 Å². The second kappa shape index (κ2) is 6.89. The molecule has 0 atom stereocenters. The zero-order valence-corrected chi connectivity index (χ0v) is 10.6. The highest BCUT2D eigenvalue weighted by Crippen LogP contribution is 2.19. The number of aliphatic carboxylic acids is 1. The molecule has 0 aromatic carbocycles. The number of nitrogens with zero attached hydrogens (tertiary/aromatic N) is 1. The van der Waals surface area contributed by atoms with Gasteiger partial charge in [-0.3, -0.25) is 4.79 Å². The van der Waals surface area contributed by atoms with Crippen molar-refractivity contribution in [3.63, 3.8) is 0 Å². The number of carboxylic acids is 1. The molecule has 1 amide bonds. The standard InChI is InChI=1S/C10H9F3N2O4S/c11-10(12,13)9(18)14-3-6-1-2-7(20-6)5-19-15-4-8(16)17/h1-2,4H,3,5H2,(H,14,18)(H,16,17). The Bertz CT molecular complexity index is 513. The number of oxime groups is 1. The van der Waals surface area contributed by atoms with E-state index in [9.17, 15) is 22.8 Å². The highest BCUT2D eigenvalue weighted by atomic mass is 32.1. The van der Waals surface area contributed by atoms with E-state index in [1.54, 1.807) is 11.4 Å². The van der Waals surface area contributed by atoms with E-state index in [0.717, 1.165) is 11.3 Å². The predicted molar refractivity (Wildman–Crippen MR) is 63.1 cm³/mol. The van der Waals surface area contributed by atoms with Gasteiger partial charge in [-0.1, -0.05) is 5.16 Å². The lowest BCUT2D eigenvalue weighted by molar-refractivity contribution is -0.173. The van der Waals surface area contributed by atoms with Gasteiger partial charge in [-0.15, -0.1) is 11.3 Å². The molecule has 0 aliphatic carbocycles. The lowest BCUT2D eigenvalue weighted by Gasteiger charge is -2.06. The quantitative estimate of drug-likeness (QED) is 0.616. The second-order valence-corrected chi connectivity index (χ2v) is 4.65. The number of thiophene rings is 1. The molecule has 1 rings (SSSR count). The molecular formula is C10H9F3N2O4S. The number of hydrogen-bond acceptors (Lipinski definition) is 5. The first-order valence-corrected chi connectivity index (χ1v) is 5.91. The van der Waals surface area contributed by atoms with Crippen LogP contribution < -0.4 is 5.32 Å². The first-order chi connectivity index (χ1) is 9.29. The molecule has 110 valence electrons. The third-order valence-electron chi connectivity index (χ3n) is 1.84. The topological polar surface area (TPSA) is 88.0 Å². The van der Waals surface area contributed by atoms with Crippen molar-refractivity contribution in [2.24, 2.45) is 5.16 Å². The van der Waals surface area contributed by atoms with Crippen molar-refractivity contribution in [1.29, 1.82) is 0 Å². The lowest BCUT2D eigenvalue weighted by Crippen LogP contribution is -2.36. The molecule has 0 unspecified atom stereocenters. The van der Waals surface area contributed by atoms with Crippen molar-refractivity contribution in [3.05, 3.63) is 21.9 Å². The number of alkyl halides is 3. The highest BCUT2D eigenvalue weighted by Gasteiger charge is 2.38. The molecule has 0 saturated heterocycles. The van der Waals surface area contributed by atoms with Crippen LogP contribution in [0.25, 0.3) is 0 Å². The SMILES string of the molecule is O=C(O)C=NOCc1ccc(CNC(=O)C(F)(F)F)s1. The summed E-state index contributed by atoms with van der Waals surface area (Å²) in [4.78, 5) is 26.5. The fourth-order valence-corrected chi connectivity index (χ4v) is 1.91. The third kappa shape index (κ3) is 5.69. The van der Waals surface area contributed by atoms with Crippen LogP contribution in [0, 0.1) is 0 Å². The molecule has 10 heteroatoms. The van der Waals surface area contributed by atoms with E-state index in [0.29, 0.717) is 16.0 Å². The van der Waals surface area contributed by atoms with E-state index in [2.05, 4.69) is 9.99 Å². The van der Waals surface area contributed by atoms with Crippen LogP contribution in [0.1, 0.15) is 9.75 Å². The van der Waals surface area contributed by atoms with Gasteiger partial charge in [0.25, 0.3) is 0 Å². The van der Waals surface area contributed by atoms with Crippen LogP contribution >= 0.6 is 11.3 Å². The first-order valence-electron chi connectivity index (χ1n) is 5.10. The summed E-state index contributed by atoms with van der Waals surface area (Å²) in [6, 6.07) is 3.11. The minimum atomic E-state index is -4.91. The zero-order valence-electron chi connectivity index (χ0n) is 9.81. The van der Waals surface area contributed by atoms with Gasteiger partial charge in [-0.05, 0) is 12.1 Å². The number of amides is 1. The summed E-state index contributed by atoms with van der Waals surface area (Å²) in [5.74, 6) is -3.26. The lowest BCUT2D eigenvalue weighted by atomic mass is 10.4. The largest absolute Gasteiger partial charge is 0.477 e. The van der Waals surface area contributed by atoms with Crippen LogP contribution in [-0.4, -0.2) is 29.4 Å². The minimum Gasteiger partial charge on any atom is -0.477 e. The van der Waals surface area contributed by atoms with Gasteiger partial charge in [0.15, 0.2) is 12.8 Å². The number of nitrogens with one attached hydrogen (secondary N) is 1. The number of halogens is 3. The van der Waals surface area contributed by atoms with Crippen molar-refractivity contribution >= 4 is 29.4 Å². The van der Waals surface area contributed by atoms with Crippen molar-refractivity contribution in [1.82, 2.24) is 5.32 Å². The van der Waals surface area contributed by atoms with Gasteiger partial charge in [0.05, 0.1) is 6.54 Å². The van der Waals surface area contributed by atoms with Crippen molar-refractivity contribution in [3.8, 4) is 0 Å². The van der Waals surface area contributed by atoms with Crippen LogP contribution in [0.15, 0.2) is 17.3 Å². The average molecular weight is 310 g/mol. The van der Waals surface area contributed by atoms with Crippen LogP contribution in [-0.2, 0) is 27.6 Å². The summed E-state index contributed by atoms with van der Waals surface area (Å²) in [5.41, 5.74) is 0. The monoisotopic (exact) mass is 310 g/mol. The summed E-state index contributed by atoms with van der Waals surface area (Å²) in [5, 5.41) is 13.1. The first kappa shape index (κ1) is 16.0. The van der Waals surface area contributed by atoms with Crippen LogP contribution in [0.4, 0.5) is 13.2 Å². The molecule has 0 radical (unpaired) electrons. The Morgan fingerprint density at radius 2 is 2.05 bits per heavy atom. The molecule has 0 saturated carbocycles. The van der Waals surface area contributed by atoms with Gasteiger partial charge in [-0.25, -0.2) is 4.79 Å².